The summed E-state index contributed by atoms with van der Waals surface area (Å²) in [4.78, 5) is 20.8. The van der Waals surface area contributed by atoms with E-state index in [9.17, 15) is 4.79 Å². The Morgan fingerprint density at radius 1 is 1.14 bits per heavy atom. The fourth-order valence-electron chi connectivity index (χ4n) is 2.30. The van der Waals surface area contributed by atoms with Crippen molar-refractivity contribution >= 4 is 16.7 Å². The first kappa shape index (κ1) is 11.8. The SMILES string of the molecule is Cc1nc2ccc(-c3cc(=O)n4ncccc4n3)cc2o1. The zero-order valence-electron chi connectivity index (χ0n) is 11.1. The van der Waals surface area contributed by atoms with Crippen molar-refractivity contribution in [1.29, 1.82) is 0 Å². The van der Waals surface area contributed by atoms with Gasteiger partial charge in [0.1, 0.15) is 5.52 Å². The molecular weight excluding hydrogens is 268 g/mol. The van der Waals surface area contributed by atoms with Crippen LogP contribution in [-0.4, -0.2) is 19.6 Å². The van der Waals surface area contributed by atoms with Crippen molar-refractivity contribution < 1.29 is 4.42 Å². The summed E-state index contributed by atoms with van der Waals surface area (Å²) in [6.45, 7) is 1.80. The fraction of sp³-hybridized carbons (Fsp3) is 0.0667. The van der Waals surface area contributed by atoms with Gasteiger partial charge in [-0.1, -0.05) is 6.07 Å². The summed E-state index contributed by atoms with van der Waals surface area (Å²) < 4.78 is 6.78. The van der Waals surface area contributed by atoms with Gasteiger partial charge in [0, 0.05) is 24.8 Å². The molecule has 0 aliphatic carbocycles. The lowest BCUT2D eigenvalue weighted by atomic mass is 10.1. The number of aryl methyl sites for hydroxylation is 1. The Morgan fingerprint density at radius 3 is 2.95 bits per heavy atom. The largest absolute Gasteiger partial charge is 0.441 e. The van der Waals surface area contributed by atoms with Crippen molar-refractivity contribution in [2.75, 3.05) is 0 Å². The van der Waals surface area contributed by atoms with E-state index in [4.69, 9.17) is 4.42 Å². The molecule has 1 aromatic carbocycles. The van der Waals surface area contributed by atoms with Gasteiger partial charge in [0.2, 0.25) is 0 Å². The third-order valence-corrected chi connectivity index (χ3v) is 3.23. The third kappa shape index (κ3) is 1.88. The maximum Gasteiger partial charge on any atom is 0.275 e. The molecule has 21 heavy (non-hydrogen) atoms. The standard InChI is InChI=1S/C15H10N4O2/c1-9-17-11-5-4-10(7-13(11)21-9)12-8-15(20)19-14(18-12)3-2-6-16-19/h2-8H,1H3. The maximum atomic E-state index is 12.1. The molecule has 0 saturated carbocycles. The lowest BCUT2D eigenvalue weighted by Gasteiger charge is -2.02. The first-order valence-electron chi connectivity index (χ1n) is 6.43. The Kier molecular flexibility index (Phi) is 2.38. The summed E-state index contributed by atoms with van der Waals surface area (Å²) in [6, 6.07) is 10.5. The van der Waals surface area contributed by atoms with Crippen LogP contribution < -0.4 is 5.56 Å². The molecule has 0 aliphatic heterocycles. The molecule has 0 atom stereocenters. The average Bonchev–Trinajstić information content (AvgIpc) is 2.86. The normalized spacial score (nSPS) is 11.3. The van der Waals surface area contributed by atoms with Crippen LogP contribution in [0.15, 0.2) is 51.8 Å². The van der Waals surface area contributed by atoms with E-state index in [2.05, 4.69) is 15.1 Å². The molecular formula is C15H10N4O2. The molecule has 3 heterocycles. The van der Waals surface area contributed by atoms with E-state index < -0.39 is 0 Å². The highest BCUT2D eigenvalue weighted by Crippen LogP contribution is 2.23. The van der Waals surface area contributed by atoms with Gasteiger partial charge in [-0.05, 0) is 24.3 Å². The number of nitrogens with zero attached hydrogens (tertiary/aromatic N) is 4. The second-order valence-electron chi connectivity index (χ2n) is 4.69. The number of rotatable bonds is 1. The summed E-state index contributed by atoms with van der Waals surface area (Å²) in [7, 11) is 0. The number of aromatic nitrogens is 4. The maximum absolute atomic E-state index is 12.1. The average molecular weight is 278 g/mol. The minimum Gasteiger partial charge on any atom is -0.441 e. The number of hydrogen-bond donors (Lipinski definition) is 0. The van der Waals surface area contributed by atoms with E-state index in [1.54, 1.807) is 25.3 Å². The summed E-state index contributed by atoms with van der Waals surface area (Å²) in [6.07, 6.45) is 1.55. The van der Waals surface area contributed by atoms with Crippen molar-refractivity contribution in [3.63, 3.8) is 0 Å². The van der Waals surface area contributed by atoms with Crippen LogP contribution in [0.1, 0.15) is 5.89 Å². The molecule has 3 aromatic heterocycles. The Morgan fingerprint density at radius 2 is 2.05 bits per heavy atom. The Labute approximate surface area is 118 Å². The second-order valence-corrected chi connectivity index (χ2v) is 4.69. The van der Waals surface area contributed by atoms with Crippen LogP contribution in [-0.2, 0) is 0 Å². The molecule has 102 valence electrons. The molecule has 4 rings (SSSR count). The lowest BCUT2D eigenvalue weighted by molar-refractivity contribution is 0.561. The quantitative estimate of drug-likeness (QED) is 0.533. The molecule has 6 nitrogen and oxygen atoms in total. The van der Waals surface area contributed by atoms with Crippen molar-refractivity contribution in [2.24, 2.45) is 0 Å². The highest BCUT2D eigenvalue weighted by Gasteiger charge is 2.08. The van der Waals surface area contributed by atoms with E-state index in [1.807, 2.05) is 18.2 Å². The zero-order valence-corrected chi connectivity index (χ0v) is 11.1. The van der Waals surface area contributed by atoms with Gasteiger partial charge >= 0.3 is 0 Å². The Bertz CT molecular complexity index is 1030. The molecule has 0 amide bonds. The van der Waals surface area contributed by atoms with Crippen molar-refractivity contribution in [1.82, 2.24) is 19.6 Å². The van der Waals surface area contributed by atoms with Gasteiger partial charge in [-0.3, -0.25) is 4.79 Å². The minimum absolute atomic E-state index is 0.218. The molecule has 0 saturated heterocycles. The van der Waals surface area contributed by atoms with Gasteiger partial charge in [0.15, 0.2) is 17.1 Å². The van der Waals surface area contributed by atoms with Gasteiger partial charge in [-0.25, -0.2) is 9.97 Å². The molecule has 0 N–H and O–H groups in total. The molecule has 0 bridgehead atoms. The Hall–Kier alpha value is -3.02. The van der Waals surface area contributed by atoms with Crippen LogP contribution >= 0.6 is 0 Å². The highest BCUT2D eigenvalue weighted by atomic mass is 16.3. The van der Waals surface area contributed by atoms with Crippen molar-refractivity contribution in [2.45, 2.75) is 6.92 Å². The van der Waals surface area contributed by atoms with Crippen LogP contribution in [0.4, 0.5) is 0 Å². The first-order chi connectivity index (χ1) is 10.2. The number of benzene rings is 1. The zero-order chi connectivity index (χ0) is 14.4. The molecule has 6 heteroatoms. The predicted molar refractivity (Wildman–Crippen MR) is 77.0 cm³/mol. The monoisotopic (exact) mass is 278 g/mol. The molecule has 4 aromatic rings. The van der Waals surface area contributed by atoms with Gasteiger partial charge in [-0.2, -0.15) is 9.61 Å². The number of fused-ring (bicyclic) bond motifs is 2. The van der Waals surface area contributed by atoms with E-state index in [-0.39, 0.29) is 5.56 Å². The number of oxazole rings is 1. The molecule has 0 fully saturated rings. The molecule has 0 radical (unpaired) electrons. The van der Waals surface area contributed by atoms with E-state index in [1.165, 1.54) is 10.6 Å². The van der Waals surface area contributed by atoms with Gasteiger partial charge < -0.3 is 4.42 Å². The van der Waals surface area contributed by atoms with Crippen molar-refractivity contribution in [3.8, 4) is 11.3 Å². The minimum atomic E-state index is -0.218. The second kappa shape index (κ2) is 4.24. The third-order valence-electron chi connectivity index (χ3n) is 3.23. The van der Waals surface area contributed by atoms with E-state index >= 15 is 0 Å². The van der Waals surface area contributed by atoms with Gasteiger partial charge in [0.25, 0.3) is 5.56 Å². The Balaban J connectivity index is 1.97. The van der Waals surface area contributed by atoms with Crippen molar-refractivity contribution in [3.05, 3.63) is 58.8 Å². The molecule has 0 spiro atoms. The predicted octanol–water partition coefficient (Wildman–Crippen LogP) is 2.21. The summed E-state index contributed by atoms with van der Waals surface area (Å²) in [5.41, 5.74) is 3.15. The number of hydrogen-bond acceptors (Lipinski definition) is 5. The smallest absolute Gasteiger partial charge is 0.275 e. The lowest BCUT2D eigenvalue weighted by Crippen LogP contribution is -2.16. The highest BCUT2D eigenvalue weighted by molar-refractivity contribution is 5.79. The van der Waals surface area contributed by atoms with Crippen LogP contribution in [0, 0.1) is 6.92 Å². The summed E-state index contributed by atoms with van der Waals surface area (Å²) >= 11 is 0. The summed E-state index contributed by atoms with van der Waals surface area (Å²) in [5.74, 6) is 0.609. The van der Waals surface area contributed by atoms with Crippen LogP contribution in [0.2, 0.25) is 0 Å². The fourth-order valence-corrected chi connectivity index (χ4v) is 2.30. The topological polar surface area (TPSA) is 73.3 Å². The van der Waals surface area contributed by atoms with Gasteiger partial charge in [0.05, 0.1) is 5.69 Å². The van der Waals surface area contributed by atoms with E-state index in [0.29, 0.717) is 22.8 Å². The van der Waals surface area contributed by atoms with Crippen LogP contribution in [0.5, 0.6) is 0 Å². The van der Waals surface area contributed by atoms with Gasteiger partial charge in [-0.15, -0.1) is 0 Å². The molecule has 0 aliphatic rings. The van der Waals surface area contributed by atoms with E-state index in [0.717, 1.165) is 11.1 Å². The van der Waals surface area contributed by atoms with Crippen LogP contribution in [0.25, 0.3) is 28.0 Å². The summed E-state index contributed by atoms with van der Waals surface area (Å²) in [5, 5.41) is 3.98. The molecule has 0 unspecified atom stereocenters. The first-order valence-corrected chi connectivity index (χ1v) is 6.43. The van der Waals surface area contributed by atoms with Crippen LogP contribution in [0.3, 0.4) is 0 Å².